The molecule has 0 spiro atoms. The van der Waals surface area contributed by atoms with Crippen LogP contribution in [0.5, 0.6) is 0 Å². The zero-order valence-electron chi connectivity index (χ0n) is 22.1. The second-order valence-corrected chi connectivity index (χ2v) is 12.6. The topological polar surface area (TPSA) is 90.0 Å². The van der Waals surface area contributed by atoms with Crippen LogP contribution in [0.1, 0.15) is 44.1 Å². The van der Waals surface area contributed by atoms with Gasteiger partial charge in [-0.3, -0.25) is 9.59 Å². The molecule has 3 heterocycles. The van der Waals surface area contributed by atoms with Gasteiger partial charge in [0.05, 0.1) is 11.4 Å². The summed E-state index contributed by atoms with van der Waals surface area (Å²) in [4.78, 5) is 32.5. The molecule has 38 heavy (non-hydrogen) atoms. The molecule has 2 aromatic carbocycles. The molecule has 0 unspecified atom stereocenters. The molecule has 0 radical (unpaired) electrons. The average Bonchev–Trinajstić information content (AvgIpc) is 3.60. The molecule has 1 N–H and O–H groups in total. The Labute approximate surface area is 226 Å². The number of hydrogen-bond acceptors (Lipinski definition) is 5. The minimum atomic E-state index is -3.89. The van der Waals surface area contributed by atoms with E-state index in [0.29, 0.717) is 19.4 Å². The van der Waals surface area contributed by atoms with Gasteiger partial charge in [-0.25, -0.2) is 8.42 Å². The number of rotatable bonds is 8. The summed E-state index contributed by atoms with van der Waals surface area (Å²) in [5, 5.41) is 0. The largest absolute Gasteiger partial charge is 0.337 e. The predicted octanol–water partition coefficient (Wildman–Crippen LogP) is 3.02. The van der Waals surface area contributed by atoms with E-state index in [0.717, 1.165) is 55.7 Å². The molecule has 0 aromatic heterocycles. The minimum absolute atomic E-state index is 0.0127. The van der Waals surface area contributed by atoms with Crippen molar-refractivity contribution in [3.63, 3.8) is 0 Å². The zero-order chi connectivity index (χ0) is 26.7. The van der Waals surface area contributed by atoms with Crippen LogP contribution in [0.15, 0.2) is 53.4 Å². The average molecular weight is 539 g/mol. The highest BCUT2D eigenvalue weighted by atomic mass is 32.2. The van der Waals surface area contributed by atoms with Crippen LogP contribution in [0.4, 0.5) is 0 Å². The van der Waals surface area contributed by atoms with Crippen LogP contribution in [0.3, 0.4) is 0 Å². The number of carbonyl (C=O) groups is 2. The predicted molar refractivity (Wildman–Crippen MR) is 147 cm³/mol. The van der Waals surface area contributed by atoms with Crippen LogP contribution in [0.2, 0.25) is 0 Å². The zero-order valence-corrected chi connectivity index (χ0v) is 23.0. The van der Waals surface area contributed by atoms with E-state index < -0.39 is 16.1 Å². The summed E-state index contributed by atoms with van der Waals surface area (Å²) in [6, 6.07) is 14.1. The van der Waals surface area contributed by atoms with E-state index in [9.17, 15) is 18.0 Å². The lowest BCUT2D eigenvalue weighted by molar-refractivity contribution is -0.143. The maximum atomic E-state index is 13.2. The highest BCUT2D eigenvalue weighted by molar-refractivity contribution is 7.89. The summed E-state index contributed by atoms with van der Waals surface area (Å²) in [7, 11) is -3.89. The lowest BCUT2D eigenvalue weighted by Crippen LogP contribution is -2.55. The van der Waals surface area contributed by atoms with Gasteiger partial charge in [0.2, 0.25) is 21.8 Å². The maximum Gasteiger partial charge on any atom is 0.242 e. The quantitative estimate of drug-likeness (QED) is 0.558. The highest BCUT2D eigenvalue weighted by Gasteiger charge is 2.36. The van der Waals surface area contributed by atoms with Gasteiger partial charge in [0, 0.05) is 25.7 Å². The third-order valence-corrected chi connectivity index (χ3v) is 9.56. The highest BCUT2D eigenvalue weighted by Crippen LogP contribution is 2.24. The number of nitrogens with one attached hydrogen (secondary N) is 1. The number of carbonyl (C=O) groups excluding carboxylic acids is 2. The van der Waals surface area contributed by atoms with Crippen LogP contribution in [0.25, 0.3) is 11.1 Å². The summed E-state index contributed by atoms with van der Waals surface area (Å²) in [5.74, 6) is -0.352. The second-order valence-electron chi connectivity index (χ2n) is 10.9. The van der Waals surface area contributed by atoms with Gasteiger partial charge in [0.1, 0.15) is 6.04 Å². The maximum absolute atomic E-state index is 13.2. The van der Waals surface area contributed by atoms with E-state index in [2.05, 4.69) is 9.62 Å². The van der Waals surface area contributed by atoms with Crippen molar-refractivity contribution in [3.8, 4) is 11.1 Å². The normalized spacial score (nSPS) is 22.8. The van der Waals surface area contributed by atoms with E-state index in [1.54, 1.807) is 24.3 Å². The van der Waals surface area contributed by atoms with Crippen molar-refractivity contribution >= 4 is 21.8 Å². The SMILES string of the molecule is Cc1ccc(-c2ccc(S(=O)(=O)N[C@H]3CCCN(CC(=O)N4CCC[C@H]4CN4CCCC4)C3=O)cc2)cc1. The fourth-order valence-electron chi connectivity index (χ4n) is 5.91. The number of sulfonamides is 1. The molecule has 2 atom stereocenters. The monoisotopic (exact) mass is 538 g/mol. The number of nitrogens with zero attached hydrogens (tertiary/aromatic N) is 3. The summed E-state index contributed by atoms with van der Waals surface area (Å²) >= 11 is 0. The molecule has 0 aliphatic carbocycles. The van der Waals surface area contributed by atoms with E-state index >= 15 is 0 Å². The molecule has 3 saturated heterocycles. The molecule has 0 bridgehead atoms. The van der Waals surface area contributed by atoms with Crippen molar-refractivity contribution in [2.45, 2.75) is 62.4 Å². The van der Waals surface area contributed by atoms with Gasteiger partial charge >= 0.3 is 0 Å². The smallest absolute Gasteiger partial charge is 0.242 e. The van der Waals surface area contributed by atoms with E-state index in [4.69, 9.17) is 0 Å². The molecule has 9 heteroatoms. The van der Waals surface area contributed by atoms with Gasteiger partial charge in [0.15, 0.2) is 0 Å². The molecule has 8 nitrogen and oxygen atoms in total. The first-order valence-electron chi connectivity index (χ1n) is 13.8. The fraction of sp³-hybridized carbons (Fsp3) is 0.517. The van der Waals surface area contributed by atoms with Crippen molar-refractivity contribution in [2.75, 3.05) is 39.3 Å². The van der Waals surface area contributed by atoms with Gasteiger partial charge in [-0.2, -0.15) is 4.72 Å². The molecule has 3 fully saturated rings. The van der Waals surface area contributed by atoms with Gasteiger partial charge in [-0.15, -0.1) is 0 Å². The fourth-order valence-corrected chi connectivity index (χ4v) is 7.13. The number of amides is 2. The number of piperidine rings is 1. The van der Waals surface area contributed by atoms with E-state index in [1.165, 1.54) is 17.7 Å². The third kappa shape index (κ3) is 6.11. The van der Waals surface area contributed by atoms with E-state index in [1.807, 2.05) is 36.1 Å². The molecule has 204 valence electrons. The summed E-state index contributed by atoms with van der Waals surface area (Å²) in [6.45, 7) is 6.34. The molecule has 2 amide bonds. The molecule has 3 aliphatic rings. The Morgan fingerprint density at radius 2 is 1.50 bits per heavy atom. The van der Waals surface area contributed by atoms with Crippen LogP contribution in [-0.4, -0.2) is 86.3 Å². The summed E-state index contributed by atoms with van der Waals surface area (Å²) in [6.07, 6.45) is 5.50. The first kappa shape index (κ1) is 26.8. The van der Waals surface area contributed by atoms with Crippen LogP contribution >= 0.6 is 0 Å². The Bertz CT molecular complexity index is 1240. The lowest BCUT2D eigenvalue weighted by Gasteiger charge is -2.34. The Hall–Kier alpha value is -2.75. The Morgan fingerprint density at radius 3 is 2.18 bits per heavy atom. The Morgan fingerprint density at radius 1 is 0.868 bits per heavy atom. The molecule has 5 rings (SSSR count). The molecule has 0 saturated carbocycles. The van der Waals surface area contributed by atoms with E-state index in [-0.39, 0.29) is 29.3 Å². The summed E-state index contributed by atoms with van der Waals surface area (Å²) < 4.78 is 28.9. The van der Waals surface area contributed by atoms with Crippen molar-refractivity contribution in [1.82, 2.24) is 19.4 Å². The standard InChI is InChI=1S/C29H38N4O4S/c1-22-8-10-23(11-9-22)24-12-14-26(15-13-24)38(36,37)30-27-7-5-18-32(29(27)35)21-28(34)33-19-4-6-25(33)20-31-16-2-3-17-31/h8-15,25,27,30H,2-7,16-21H2,1H3/t25-,27-/m0/s1. The lowest BCUT2D eigenvalue weighted by atomic mass is 10.0. The molecular weight excluding hydrogens is 500 g/mol. The van der Waals surface area contributed by atoms with Crippen LogP contribution in [-0.2, 0) is 19.6 Å². The molecular formula is C29H38N4O4S. The van der Waals surface area contributed by atoms with Crippen molar-refractivity contribution in [3.05, 3.63) is 54.1 Å². The van der Waals surface area contributed by atoms with Gasteiger partial charge in [-0.1, -0.05) is 42.0 Å². The van der Waals surface area contributed by atoms with Crippen LogP contribution < -0.4 is 4.72 Å². The summed E-state index contributed by atoms with van der Waals surface area (Å²) in [5.41, 5.74) is 3.09. The van der Waals surface area contributed by atoms with Crippen molar-refractivity contribution in [1.29, 1.82) is 0 Å². The Kier molecular flexibility index (Phi) is 8.16. The number of aryl methyl sites for hydroxylation is 1. The first-order chi connectivity index (χ1) is 18.3. The van der Waals surface area contributed by atoms with Gasteiger partial charge in [-0.05, 0) is 81.8 Å². The number of hydrogen-bond donors (Lipinski definition) is 1. The third-order valence-electron chi connectivity index (χ3n) is 8.07. The van der Waals surface area contributed by atoms with Crippen molar-refractivity contribution < 1.29 is 18.0 Å². The van der Waals surface area contributed by atoms with Crippen molar-refractivity contribution in [2.24, 2.45) is 0 Å². The molecule has 3 aliphatic heterocycles. The number of benzene rings is 2. The second kappa shape index (κ2) is 11.6. The van der Waals surface area contributed by atoms with Crippen LogP contribution in [0, 0.1) is 6.92 Å². The minimum Gasteiger partial charge on any atom is -0.337 e. The molecule has 2 aromatic rings. The number of likely N-dealkylation sites (tertiary alicyclic amines) is 3. The van der Waals surface area contributed by atoms with Gasteiger partial charge < -0.3 is 14.7 Å². The first-order valence-corrected chi connectivity index (χ1v) is 15.3. The van der Waals surface area contributed by atoms with Gasteiger partial charge in [0.25, 0.3) is 0 Å². The Balaban J connectivity index is 1.20.